The van der Waals surface area contributed by atoms with Gasteiger partial charge in [-0.15, -0.1) is 3.89 Å². The van der Waals surface area contributed by atoms with Gasteiger partial charge in [-0.25, -0.2) is 4.98 Å². The number of fused-ring (bicyclic) bond motifs is 1. The van der Waals surface area contributed by atoms with Crippen LogP contribution >= 0.6 is 11.6 Å². The van der Waals surface area contributed by atoms with Crippen LogP contribution in [0.3, 0.4) is 0 Å². The minimum atomic E-state index is -4.79. The minimum Gasteiger partial charge on any atom is -0.340 e. The number of imidazole rings is 1. The van der Waals surface area contributed by atoms with Gasteiger partial charge in [0.15, 0.2) is 11.5 Å². The van der Waals surface area contributed by atoms with Gasteiger partial charge in [-0.05, 0) is 11.6 Å². The molecule has 1 aliphatic rings. The van der Waals surface area contributed by atoms with E-state index >= 15 is 0 Å². The maximum atomic E-state index is 13.0. The second-order valence-electron chi connectivity index (χ2n) is 4.22. The number of aromatic nitrogens is 4. The zero-order valence-corrected chi connectivity index (χ0v) is 11.3. The monoisotopic (exact) mass is 319 g/mol. The summed E-state index contributed by atoms with van der Waals surface area (Å²) in [6.45, 7) is -0.320. The Bertz CT molecular complexity index is 807. The standard InChI is InChI=1S/C9H7ClFN5O3S/c10-9-14-7-6(12-3-13-7)8(15-9)16-2-4(1-5(16)17)20(11,18)19/h3-4H,1-2H2,(H,12,13,14,15). The van der Waals surface area contributed by atoms with Crippen molar-refractivity contribution in [1.29, 1.82) is 0 Å². The van der Waals surface area contributed by atoms with Crippen molar-refractivity contribution in [2.45, 2.75) is 11.7 Å². The fraction of sp³-hybridized carbons (Fsp3) is 0.333. The second-order valence-corrected chi connectivity index (χ2v) is 6.18. The lowest BCUT2D eigenvalue weighted by Crippen LogP contribution is -2.28. The summed E-state index contributed by atoms with van der Waals surface area (Å²) in [5.74, 6) is -0.462. The number of hydrogen-bond acceptors (Lipinski definition) is 6. The van der Waals surface area contributed by atoms with Crippen molar-refractivity contribution < 1.29 is 17.1 Å². The van der Waals surface area contributed by atoms with E-state index in [2.05, 4.69) is 19.9 Å². The summed E-state index contributed by atoms with van der Waals surface area (Å²) in [6, 6.07) is 0. The number of carbonyl (C=O) groups excluding carboxylic acids is 1. The maximum Gasteiger partial charge on any atom is 0.307 e. The molecule has 1 amide bonds. The van der Waals surface area contributed by atoms with E-state index in [1.54, 1.807) is 0 Å². The van der Waals surface area contributed by atoms with Gasteiger partial charge in [-0.1, -0.05) is 0 Å². The smallest absolute Gasteiger partial charge is 0.307 e. The Kier molecular flexibility index (Phi) is 2.87. The fourth-order valence-corrected chi connectivity index (χ4v) is 2.88. The Morgan fingerprint density at radius 1 is 1.45 bits per heavy atom. The third kappa shape index (κ3) is 2.10. The first kappa shape index (κ1) is 13.2. The Hall–Kier alpha value is -1.81. The summed E-state index contributed by atoms with van der Waals surface area (Å²) in [6.07, 6.45) is 0.902. The summed E-state index contributed by atoms with van der Waals surface area (Å²) in [4.78, 5) is 27.3. The molecule has 11 heteroatoms. The number of halogens is 2. The molecule has 106 valence electrons. The van der Waals surface area contributed by atoms with Gasteiger partial charge in [0.1, 0.15) is 10.8 Å². The molecule has 0 aromatic carbocycles. The van der Waals surface area contributed by atoms with Crippen molar-refractivity contribution in [2.75, 3.05) is 11.4 Å². The molecule has 1 aliphatic heterocycles. The third-order valence-electron chi connectivity index (χ3n) is 2.98. The van der Waals surface area contributed by atoms with Gasteiger partial charge in [0.2, 0.25) is 11.2 Å². The van der Waals surface area contributed by atoms with Crippen LogP contribution in [0.15, 0.2) is 6.33 Å². The SMILES string of the molecule is O=C1CC(S(=O)(=O)F)CN1c1nc(Cl)nc2nc[nH]c12. The van der Waals surface area contributed by atoms with Crippen molar-refractivity contribution in [1.82, 2.24) is 19.9 Å². The van der Waals surface area contributed by atoms with E-state index in [9.17, 15) is 17.1 Å². The summed E-state index contributed by atoms with van der Waals surface area (Å²) in [5.41, 5.74) is 0.569. The van der Waals surface area contributed by atoms with E-state index in [0.717, 1.165) is 4.90 Å². The number of aromatic amines is 1. The fourth-order valence-electron chi connectivity index (χ4n) is 2.06. The van der Waals surface area contributed by atoms with Crippen molar-refractivity contribution in [3.63, 3.8) is 0 Å². The van der Waals surface area contributed by atoms with E-state index in [0.29, 0.717) is 5.52 Å². The first-order valence-electron chi connectivity index (χ1n) is 5.46. The molecule has 0 spiro atoms. The van der Waals surface area contributed by atoms with Gasteiger partial charge in [0.25, 0.3) is 0 Å². The molecule has 1 N–H and O–H groups in total. The Morgan fingerprint density at radius 3 is 2.85 bits per heavy atom. The van der Waals surface area contributed by atoms with E-state index < -0.39 is 27.8 Å². The minimum absolute atomic E-state index is 0.0913. The average Bonchev–Trinajstić information content (AvgIpc) is 2.93. The van der Waals surface area contributed by atoms with Gasteiger partial charge in [-0.3, -0.25) is 9.69 Å². The summed E-state index contributed by atoms with van der Waals surface area (Å²) < 4.78 is 34.8. The number of hydrogen-bond donors (Lipinski definition) is 1. The molecule has 20 heavy (non-hydrogen) atoms. The van der Waals surface area contributed by atoms with Crippen LogP contribution in [0.2, 0.25) is 5.28 Å². The molecule has 1 atom stereocenters. The molecule has 2 aromatic rings. The molecular weight excluding hydrogens is 313 g/mol. The normalized spacial score (nSPS) is 20.0. The van der Waals surface area contributed by atoms with Crippen LogP contribution in [-0.2, 0) is 15.0 Å². The van der Waals surface area contributed by atoms with E-state index in [-0.39, 0.29) is 23.3 Å². The largest absolute Gasteiger partial charge is 0.340 e. The van der Waals surface area contributed by atoms with Crippen LogP contribution < -0.4 is 4.90 Å². The van der Waals surface area contributed by atoms with Gasteiger partial charge >= 0.3 is 10.2 Å². The van der Waals surface area contributed by atoms with Crippen molar-refractivity contribution in [3.05, 3.63) is 11.6 Å². The number of amides is 1. The number of carbonyl (C=O) groups is 1. The van der Waals surface area contributed by atoms with E-state index in [1.807, 2.05) is 0 Å². The predicted molar refractivity (Wildman–Crippen MR) is 67.5 cm³/mol. The van der Waals surface area contributed by atoms with Crippen molar-refractivity contribution in [3.8, 4) is 0 Å². The lowest BCUT2D eigenvalue weighted by atomic mass is 10.4. The highest BCUT2D eigenvalue weighted by Gasteiger charge is 2.40. The first-order chi connectivity index (χ1) is 9.36. The summed E-state index contributed by atoms with van der Waals surface area (Å²) in [7, 11) is -4.79. The summed E-state index contributed by atoms with van der Waals surface area (Å²) in [5, 5.41) is -1.54. The number of nitrogens with one attached hydrogen (secondary N) is 1. The highest BCUT2D eigenvalue weighted by atomic mass is 35.5. The Labute approximate surface area is 117 Å². The van der Waals surface area contributed by atoms with Gasteiger partial charge in [0, 0.05) is 13.0 Å². The second kappa shape index (κ2) is 4.35. The number of rotatable bonds is 2. The van der Waals surface area contributed by atoms with Gasteiger partial charge in [-0.2, -0.15) is 18.4 Å². The Balaban J connectivity index is 2.08. The molecule has 0 bridgehead atoms. The zero-order chi connectivity index (χ0) is 14.5. The predicted octanol–water partition coefficient (Wildman–Crippen LogP) is 0.411. The molecule has 8 nitrogen and oxygen atoms in total. The molecule has 1 fully saturated rings. The van der Waals surface area contributed by atoms with E-state index in [4.69, 9.17) is 11.6 Å². The lowest BCUT2D eigenvalue weighted by Gasteiger charge is -2.15. The number of nitrogens with zero attached hydrogens (tertiary/aromatic N) is 4. The topological polar surface area (TPSA) is 109 Å². The van der Waals surface area contributed by atoms with Crippen LogP contribution in [0.25, 0.3) is 11.2 Å². The van der Waals surface area contributed by atoms with Crippen LogP contribution in [0.5, 0.6) is 0 Å². The molecule has 0 saturated carbocycles. The van der Waals surface area contributed by atoms with E-state index in [1.165, 1.54) is 6.33 Å². The average molecular weight is 320 g/mol. The van der Waals surface area contributed by atoms with Gasteiger partial charge < -0.3 is 4.98 Å². The molecule has 1 unspecified atom stereocenters. The number of anilines is 1. The van der Waals surface area contributed by atoms with Crippen LogP contribution in [0.1, 0.15) is 6.42 Å². The quantitative estimate of drug-likeness (QED) is 0.634. The molecule has 3 rings (SSSR count). The number of H-pyrrole nitrogens is 1. The molecule has 0 aliphatic carbocycles. The molecule has 2 aromatic heterocycles. The van der Waals surface area contributed by atoms with Crippen LogP contribution in [0, 0.1) is 0 Å². The first-order valence-corrected chi connectivity index (χ1v) is 7.29. The summed E-state index contributed by atoms with van der Waals surface area (Å²) >= 11 is 5.73. The lowest BCUT2D eigenvalue weighted by molar-refractivity contribution is -0.117. The third-order valence-corrected chi connectivity index (χ3v) is 4.26. The Morgan fingerprint density at radius 2 is 2.20 bits per heavy atom. The molecule has 1 saturated heterocycles. The maximum absolute atomic E-state index is 13.0. The molecular formula is C9H7ClFN5O3S. The van der Waals surface area contributed by atoms with Crippen LogP contribution in [-0.4, -0.2) is 46.1 Å². The van der Waals surface area contributed by atoms with Crippen LogP contribution in [0.4, 0.5) is 9.70 Å². The molecule has 3 heterocycles. The van der Waals surface area contributed by atoms with Crippen molar-refractivity contribution in [2.24, 2.45) is 0 Å². The molecule has 0 radical (unpaired) electrons. The zero-order valence-electron chi connectivity index (χ0n) is 9.75. The van der Waals surface area contributed by atoms with Crippen molar-refractivity contribution >= 4 is 44.7 Å². The highest BCUT2D eigenvalue weighted by Crippen LogP contribution is 2.29. The highest BCUT2D eigenvalue weighted by molar-refractivity contribution is 7.87. The van der Waals surface area contributed by atoms with Gasteiger partial charge in [0.05, 0.1) is 6.33 Å².